The van der Waals surface area contributed by atoms with Crippen molar-refractivity contribution >= 4 is 5.91 Å². The van der Waals surface area contributed by atoms with Crippen LogP contribution in [0.3, 0.4) is 0 Å². The van der Waals surface area contributed by atoms with E-state index in [9.17, 15) is 4.79 Å². The van der Waals surface area contributed by atoms with Crippen LogP contribution in [-0.4, -0.2) is 73.1 Å². The number of carbonyl (C=O) groups is 1. The van der Waals surface area contributed by atoms with Crippen molar-refractivity contribution in [2.45, 2.75) is 38.6 Å². The van der Waals surface area contributed by atoms with Gasteiger partial charge in [-0.05, 0) is 19.8 Å². The summed E-state index contributed by atoms with van der Waals surface area (Å²) in [6.45, 7) is 11.5. The molecule has 0 atom stereocenters. The molecule has 0 aromatic carbocycles. The van der Waals surface area contributed by atoms with Gasteiger partial charge in [0.1, 0.15) is 5.82 Å². The third kappa shape index (κ3) is 7.44. The molecule has 1 aliphatic heterocycles. The molecule has 1 amide bonds. The van der Waals surface area contributed by atoms with Crippen LogP contribution < -0.4 is 0 Å². The molecule has 0 bridgehead atoms. The zero-order valence-electron chi connectivity index (χ0n) is 16.5. The summed E-state index contributed by atoms with van der Waals surface area (Å²) in [5.41, 5.74) is 0. The van der Waals surface area contributed by atoms with E-state index in [1.165, 1.54) is 0 Å². The Labute approximate surface area is 162 Å². The molecule has 1 saturated heterocycles. The van der Waals surface area contributed by atoms with E-state index >= 15 is 0 Å². The highest BCUT2D eigenvalue weighted by molar-refractivity contribution is 5.76. The summed E-state index contributed by atoms with van der Waals surface area (Å²) in [5, 5.41) is 0. The van der Waals surface area contributed by atoms with Gasteiger partial charge in [-0.25, -0.2) is 4.98 Å². The van der Waals surface area contributed by atoms with Crippen molar-refractivity contribution in [1.82, 2.24) is 14.5 Å². The zero-order valence-corrected chi connectivity index (χ0v) is 16.5. The third-order valence-corrected chi connectivity index (χ3v) is 4.71. The molecular formula is C20H33N3O4. The maximum Gasteiger partial charge on any atom is 0.224 e. The van der Waals surface area contributed by atoms with Gasteiger partial charge in [0.05, 0.1) is 39.5 Å². The third-order valence-electron chi connectivity index (χ3n) is 4.71. The van der Waals surface area contributed by atoms with E-state index in [-0.39, 0.29) is 5.91 Å². The highest BCUT2D eigenvalue weighted by atomic mass is 16.5. The van der Waals surface area contributed by atoms with Crippen molar-refractivity contribution < 1.29 is 19.0 Å². The number of piperidine rings is 1. The molecule has 1 fully saturated rings. The lowest BCUT2D eigenvalue weighted by Gasteiger charge is -2.32. The number of ether oxygens (including phenoxy) is 3. The van der Waals surface area contributed by atoms with Crippen LogP contribution in [0.2, 0.25) is 0 Å². The fourth-order valence-corrected chi connectivity index (χ4v) is 3.27. The van der Waals surface area contributed by atoms with E-state index in [0.717, 1.165) is 44.9 Å². The fraction of sp³-hybridized carbons (Fsp3) is 0.700. The molecule has 0 N–H and O–H groups in total. The summed E-state index contributed by atoms with van der Waals surface area (Å²) in [5.74, 6) is 1.66. The Morgan fingerprint density at radius 3 is 2.74 bits per heavy atom. The predicted octanol–water partition coefficient (Wildman–Crippen LogP) is 2.23. The normalized spacial score (nSPS) is 15.2. The summed E-state index contributed by atoms with van der Waals surface area (Å²) in [6, 6.07) is 0. The van der Waals surface area contributed by atoms with Gasteiger partial charge in [0, 0.05) is 44.6 Å². The van der Waals surface area contributed by atoms with Crippen LogP contribution in [-0.2, 0) is 25.5 Å². The summed E-state index contributed by atoms with van der Waals surface area (Å²) in [6.07, 6.45) is 7.89. The van der Waals surface area contributed by atoms with Crippen molar-refractivity contribution in [2.24, 2.45) is 0 Å². The number of rotatable bonds is 13. The van der Waals surface area contributed by atoms with Crippen LogP contribution in [0, 0.1) is 0 Å². The lowest BCUT2D eigenvalue weighted by Crippen LogP contribution is -2.38. The van der Waals surface area contributed by atoms with Crippen molar-refractivity contribution in [3.63, 3.8) is 0 Å². The Bertz CT molecular complexity index is 553. The second-order valence-electron chi connectivity index (χ2n) is 6.56. The van der Waals surface area contributed by atoms with Crippen LogP contribution in [0.1, 0.15) is 37.9 Å². The maximum atomic E-state index is 12.2. The highest BCUT2D eigenvalue weighted by Crippen LogP contribution is 2.27. The van der Waals surface area contributed by atoms with E-state index in [2.05, 4.69) is 16.1 Å². The summed E-state index contributed by atoms with van der Waals surface area (Å²) in [4.78, 5) is 18.7. The monoisotopic (exact) mass is 379 g/mol. The first-order valence-electron chi connectivity index (χ1n) is 9.89. The number of amides is 1. The molecule has 1 aromatic rings. The molecule has 27 heavy (non-hydrogen) atoms. The first-order valence-corrected chi connectivity index (χ1v) is 9.89. The number of nitrogens with zero attached hydrogens (tertiary/aromatic N) is 3. The molecule has 0 unspecified atom stereocenters. The first kappa shape index (κ1) is 21.6. The van der Waals surface area contributed by atoms with Gasteiger partial charge < -0.3 is 23.7 Å². The molecule has 0 radical (unpaired) electrons. The SMILES string of the molecule is C=CCOCCC(=O)N1CCC(c2nccn2CCOCCOCC)CC1. The van der Waals surface area contributed by atoms with Gasteiger partial charge >= 0.3 is 0 Å². The minimum absolute atomic E-state index is 0.170. The predicted molar refractivity (Wildman–Crippen MR) is 104 cm³/mol. The Balaban J connectivity index is 1.70. The molecule has 0 aliphatic carbocycles. The minimum atomic E-state index is 0.170. The van der Waals surface area contributed by atoms with Crippen LogP contribution in [0.25, 0.3) is 0 Å². The molecule has 2 rings (SSSR count). The van der Waals surface area contributed by atoms with Crippen LogP contribution in [0.15, 0.2) is 25.0 Å². The average molecular weight is 380 g/mol. The smallest absolute Gasteiger partial charge is 0.224 e. The summed E-state index contributed by atoms with van der Waals surface area (Å²) in [7, 11) is 0. The van der Waals surface area contributed by atoms with Gasteiger partial charge in [0.25, 0.3) is 0 Å². The quantitative estimate of drug-likeness (QED) is 0.388. The maximum absolute atomic E-state index is 12.2. The van der Waals surface area contributed by atoms with Crippen molar-refractivity contribution in [3.8, 4) is 0 Å². The molecule has 1 aromatic heterocycles. The van der Waals surface area contributed by atoms with Crippen LogP contribution >= 0.6 is 0 Å². The largest absolute Gasteiger partial charge is 0.379 e. The number of imidazole rings is 1. The van der Waals surface area contributed by atoms with Crippen molar-refractivity contribution in [2.75, 3.05) is 52.7 Å². The van der Waals surface area contributed by atoms with E-state index < -0.39 is 0 Å². The second kappa shape index (κ2) is 12.6. The van der Waals surface area contributed by atoms with Gasteiger partial charge in [-0.1, -0.05) is 6.08 Å². The van der Waals surface area contributed by atoms with Gasteiger partial charge in [-0.15, -0.1) is 6.58 Å². The Morgan fingerprint density at radius 1 is 1.22 bits per heavy atom. The molecule has 2 heterocycles. The van der Waals surface area contributed by atoms with Crippen molar-refractivity contribution in [3.05, 3.63) is 30.9 Å². The first-order chi connectivity index (χ1) is 13.3. The number of hydrogen-bond donors (Lipinski definition) is 0. The number of likely N-dealkylation sites (tertiary alicyclic amines) is 1. The molecule has 152 valence electrons. The standard InChI is InChI=1S/C20H33N3O4/c1-3-13-26-14-7-19(24)22-9-5-18(6-10-22)20-21-8-11-23(20)12-15-27-17-16-25-4-2/h3,8,11,18H,1,4-7,9-10,12-17H2,2H3. The highest BCUT2D eigenvalue weighted by Gasteiger charge is 2.26. The molecule has 0 saturated carbocycles. The van der Waals surface area contributed by atoms with E-state index in [4.69, 9.17) is 14.2 Å². The molecule has 7 nitrogen and oxygen atoms in total. The summed E-state index contributed by atoms with van der Waals surface area (Å²) >= 11 is 0. The van der Waals surface area contributed by atoms with E-state index in [1.807, 2.05) is 24.2 Å². The van der Waals surface area contributed by atoms with Crippen LogP contribution in [0.4, 0.5) is 0 Å². The second-order valence-corrected chi connectivity index (χ2v) is 6.56. The lowest BCUT2D eigenvalue weighted by molar-refractivity contribution is -0.133. The average Bonchev–Trinajstić information content (AvgIpc) is 3.16. The fourth-order valence-electron chi connectivity index (χ4n) is 3.27. The topological polar surface area (TPSA) is 65.8 Å². The minimum Gasteiger partial charge on any atom is -0.379 e. The molecule has 1 aliphatic rings. The Kier molecular flexibility index (Phi) is 10.1. The number of hydrogen-bond acceptors (Lipinski definition) is 5. The van der Waals surface area contributed by atoms with Gasteiger partial charge in [0.15, 0.2) is 0 Å². The molecular weight excluding hydrogens is 346 g/mol. The summed E-state index contributed by atoms with van der Waals surface area (Å²) < 4.78 is 18.4. The Hall–Kier alpha value is -1.70. The molecule has 7 heteroatoms. The Morgan fingerprint density at radius 2 is 2.00 bits per heavy atom. The zero-order chi connectivity index (χ0) is 19.3. The lowest BCUT2D eigenvalue weighted by atomic mass is 9.95. The van der Waals surface area contributed by atoms with Crippen LogP contribution in [0.5, 0.6) is 0 Å². The van der Waals surface area contributed by atoms with Gasteiger partial charge in [-0.2, -0.15) is 0 Å². The number of aromatic nitrogens is 2. The van der Waals surface area contributed by atoms with E-state index in [1.54, 1.807) is 6.08 Å². The van der Waals surface area contributed by atoms with Crippen molar-refractivity contribution in [1.29, 1.82) is 0 Å². The van der Waals surface area contributed by atoms with E-state index in [0.29, 0.717) is 45.4 Å². The van der Waals surface area contributed by atoms with Gasteiger partial charge in [0.2, 0.25) is 5.91 Å². The molecule has 0 spiro atoms. The number of carbonyl (C=O) groups excluding carboxylic acids is 1. The van der Waals surface area contributed by atoms with Gasteiger partial charge in [-0.3, -0.25) is 4.79 Å².